The number of hydrogen-bond donors (Lipinski definition) is 0. The molecule has 0 radical (unpaired) electrons. The number of hydrogen-bond acceptors (Lipinski definition) is 1. The number of rotatable bonds is 10. The van der Waals surface area contributed by atoms with Crippen LogP contribution in [0.1, 0.15) is 83.3 Å². The molecule has 0 spiro atoms. The van der Waals surface area contributed by atoms with Gasteiger partial charge in [0.2, 0.25) is 0 Å². The maximum Gasteiger partial charge on any atom is 0.132 e. The van der Waals surface area contributed by atoms with Crippen LogP contribution in [0, 0.1) is 12.3 Å². The third-order valence-corrected chi connectivity index (χ3v) is 4.17. The van der Waals surface area contributed by atoms with Crippen LogP contribution in [-0.2, 0) is 11.2 Å². The van der Waals surface area contributed by atoms with E-state index in [1.54, 1.807) is 0 Å². The minimum Gasteiger partial charge on any atom is -0.300 e. The van der Waals surface area contributed by atoms with E-state index in [9.17, 15) is 4.79 Å². The summed E-state index contributed by atoms with van der Waals surface area (Å²) in [6, 6.07) is 8.65. The summed E-state index contributed by atoms with van der Waals surface area (Å²) in [7, 11) is 0. The molecule has 0 amide bonds. The Balaban J connectivity index is 2.01. The highest BCUT2D eigenvalue weighted by atomic mass is 16.1. The van der Waals surface area contributed by atoms with E-state index in [1.165, 1.54) is 36.8 Å². The molecule has 124 valence electrons. The molecule has 0 aliphatic heterocycles. The Bertz CT molecular complexity index is 422. The van der Waals surface area contributed by atoms with Gasteiger partial charge in [-0.1, -0.05) is 69.9 Å². The van der Waals surface area contributed by atoms with E-state index in [-0.39, 0.29) is 0 Å². The van der Waals surface area contributed by atoms with Crippen molar-refractivity contribution in [3.8, 4) is 0 Å². The molecule has 0 unspecified atom stereocenters. The lowest BCUT2D eigenvalue weighted by atomic mass is 9.89. The SMILES string of the molecule is Cc1ccc(CCCC(=O)CCCCCCC(C)(C)C)cc1. The average Bonchev–Trinajstić information content (AvgIpc) is 2.44. The minimum atomic E-state index is 0.447. The zero-order chi connectivity index (χ0) is 16.4. The van der Waals surface area contributed by atoms with Crippen molar-refractivity contribution in [2.45, 2.75) is 85.5 Å². The Morgan fingerprint density at radius 1 is 0.864 bits per heavy atom. The molecule has 1 nitrogen and oxygen atoms in total. The predicted octanol–water partition coefficient (Wildman–Crippen LogP) is 6.27. The monoisotopic (exact) mass is 302 g/mol. The molecule has 0 atom stereocenters. The average molecular weight is 303 g/mol. The number of ketones is 1. The Hall–Kier alpha value is -1.11. The largest absolute Gasteiger partial charge is 0.300 e. The first kappa shape index (κ1) is 18.9. The number of carbonyl (C=O) groups excluding carboxylic acids is 1. The fraction of sp³-hybridized carbons (Fsp3) is 0.667. The summed E-state index contributed by atoms with van der Waals surface area (Å²) in [5.74, 6) is 0.447. The van der Waals surface area contributed by atoms with Crippen molar-refractivity contribution in [3.05, 3.63) is 35.4 Å². The molecule has 0 saturated heterocycles. The van der Waals surface area contributed by atoms with Crippen LogP contribution in [0.25, 0.3) is 0 Å². The first-order chi connectivity index (χ1) is 10.4. The van der Waals surface area contributed by atoms with E-state index in [4.69, 9.17) is 0 Å². The van der Waals surface area contributed by atoms with Gasteiger partial charge in [-0.15, -0.1) is 0 Å². The van der Waals surface area contributed by atoms with Crippen LogP contribution in [-0.4, -0.2) is 5.78 Å². The fourth-order valence-corrected chi connectivity index (χ4v) is 2.70. The number of Topliss-reactive ketones (excluding diaryl/α,β-unsaturated/α-hetero) is 1. The smallest absolute Gasteiger partial charge is 0.132 e. The number of benzene rings is 1. The van der Waals surface area contributed by atoms with Gasteiger partial charge in [0.1, 0.15) is 5.78 Å². The fourth-order valence-electron chi connectivity index (χ4n) is 2.70. The van der Waals surface area contributed by atoms with E-state index in [0.29, 0.717) is 11.2 Å². The summed E-state index contributed by atoms with van der Waals surface area (Å²) in [5.41, 5.74) is 3.10. The van der Waals surface area contributed by atoms with Gasteiger partial charge in [0.05, 0.1) is 0 Å². The molecule has 0 aromatic heterocycles. The van der Waals surface area contributed by atoms with E-state index < -0.39 is 0 Å². The van der Waals surface area contributed by atoms with Crippen LogP contribution in [0.2, 0.25) is 0 Å². The van der Waals surface area contributed by atoms with E-state index in [0.717, 1.165) is 32.1 Å². The van der Waals surface area contributed by atoms with Gasteiger partial charge >= 0.3 is 0 Å². The molecule has 1 aromatic rings. The Morgan fingerprint density at radius 2 is 1.45 bits per heavy atom. The Kier molecular flexibility index (Phi) is 8.45. The Morgan fingerprint density at radius 3 is 2.09 bits per heavy atom. The highest BCUT2D eigenvalue weighted by Gasteiger charge is 2.09. The maximum atomic E-state index is 11.9. The van der Waals surface area contributed by atoms with Gasteiger partial charge in [-0.3, -0.25) is 4.79 Å². The molecular formula is C21H34O. The first-order valence-electron chi connectivity index (χ1n) is 8.94. The minimum absolute atomic E-state index is 0.447. The molecule has 0 aliphatic rings. The second-order valence-electron chi connectivity index (χ2n) is 7.85. The molecule has 1 aromatic carbocycles. The number of carbonyl (C=O) groups is 1. The summed E-state index contributed by atoms with van der Waals surface area (Å²) in [5, 5.41) is 0. The summed E-state index contributed by atoms with van der Waals surface area (Å²) >= 11 is 0. The zero-order valence-electron chi connectivity index (χ0n) is 15.1. The van der Waals surface area contributed by atoms with E-state index in [2.05, 4.69) is 52.0 Å². The second-order valence-corrected chi connectivity index (χ2v) is 7.85. The summed E-state index contributed by atoms with van der Waals surface area (Å²) in [6.07, 6.45) is 9.69. The van der Waals surface area contributed by atoms with Gasteiger partial charge in [-0.2, -0.15) is 0 Å². The van der Waals surface area contributed by atoms with Crippen molar-refractivity contribution in [2.24, 2.45) is 5.41 Å². The van der Waals surface area contributed by atoms with Crippen LogP contribution in [0.4, 0.5) is 0 Å². The van der Waals surface area contributed by atoms with Gasteiger partial charge in [0.25, 0.3) is 0 Å². The maximum absolute atomic E-state index is 11.9. The third-order valence-electron chi connectivity index (χ3n) is 4.17. The highest BCUT2D eigenvalue weighted by Crippen LogP contribution is 2.22. The first-order valence-corrected chi connectivity index (χ1v) is 8.94. The third kappa shape index (κ3) is 9.76. The molecule has 0 heterocycles. The van der Waals surface area contributed by atoms with Gasteiger partial charge in [0, 0.05) is 12.8 Å². The van der Waals surface area contributed by atoms with Crippen LogP contribution >= 0.6 is 0 Å². The van der Waals surface area contributed by atoms with Crippen LogP contribution in [0.15, 0.2) is 24.3 Å². The normalized spacial score (nSPS) is 11.6. The van der Waals surface area contributed by atoms with Crippen molar-refractivity contribution in [3.63, 3.8) is 0 Å². The van der Waals surface area contributed by atoms with Gasteiger partial charge in [-0.05, 0) is 43.6 Å². The van der Waals surface area contributed by atoms with Crippen LogP contribution < -0.4 is 0 Å². The molecule has 22 heavy (non-hydrogen) atoms. The lowest BCUT2D eigenvalue weighted by Crippen LogP contribution is -2.04. The molecule has 1 rings (SSSR count). The second kappa shape index (κ2) is 9.82. The number of unbranched alkanes of at least 4 members (excludes halogenated alkanes) is 3. The zero-order valence-corrected chi connectivity index (χ0v) is 15.1. The van der Waals surface area contributed by atoms with E-state index in [1.807, 2.05) is 0 Å². The molecular weight excluding hydrogens is 268 g/mol. The van der Waals surface area contributed by atoms with Gasteiger partial charge in [-0.25, -0.2) is 0 Å². The standard InChI is InChI=1S/C21H34O/c1-18-13-15-19(16-14-18)10-9-12-20(22)11-7-5-6-8-17-21(2,3)4/h13-16H,5-12,17H2,1-4H3. The van der Waals surface area contributed by atoms with Crippen molar-refractivity contribution in [2.75, 3.05) is 0 Å². The van der Waals surface area contributed by atoms with Gasteiger partial charge < -0.3 is 0 Å². The Labute approximate surface area is 137 Å². The highest BCUT2D eigenvalue weighted by molar-refractivity contribution is 5.78. The lowest BCUT2D eigenvalue weighted by Gasteiger charge is -2.17. The molecule has 0 bridgehead atoms. The van der Waals surface area contributed by atoms with Crippen molar-refractivity contribution < 1.29 is 4.79 Å². The molecule has 0 saturated carbocycles. The van der Waals surface area contributed by atoms with E-state index >= 15 is 0 Å². The summed E-state index contributed by atoms with van der Waals surface area (Å²) in [4.78, 5) is 11.9. The summed E-state index contributed by atoms with van der Waals surface area (Å²) in [6.45, 7) is 8.99. The van der Waals surface area contributed by atoms with Crippen molar-refractivity contribution in [1.82, 2.24) is 0 Å². The van der Waals surface area contributed by atoms with Crippen LogP contribution in [0.5, 0.6) is 0 Å². The topological polar surface area (TPSA) is 17.1 Å². The molecule has 0 N–H and O–H groups in total. The molecule has 0 aliphatic carbocycles. The van der Waals surface area contributed by atoms with Crippen LogP contribution in [0.3, 0.4) is 0 Å². The quantitative estimate of drug-likeness (QED) is 0.465. The molecule has 1 heteroatoms. The van der Waals surface area contributed by atoms with Gasteiger partial charge in [0.15, 0.2) is 0 Å². The predicted molar refractivity (Wildman–Crippen MR) is 96.3 cm³/mol. The lowest BCUT2D eigenvalue weighted by molar-refractivity contribution is -0.119. The van der Waals surface area contributed by atoms with Crippen molar-refractivity contribution in [1.29, 1.82) is 0 Å². The molecule has 0 fully saturated rings. The summed E-state index contributed by atoms with van der Waals surface area (Å²) < 4.78 is 0. The van der Waals surface area contributed by atoms with Crippen molar-refractivity contribution >= 4 is 5.78 Å². The number of aryl methyl sites for hydroxylation is 2.